The Kier molecular flexibility index (Phi) is 6.80. The maximum absolute atomic E-state index is 5.92. The molecule has 1 N–H and O–H groups in total. The molecular weight excluding hydrogens is 376 g/mol. The van der Waals surface area contributed by atoms with Crippen molar-refractivity contribution < 1.29 is 31.6 Å². The summed E-state index contributed by atoms with van der Waals surface area (Å²) >= 11 is 11.3. The SMILES string of the molecule is CC(C)C[P]([Cu])c1ccccc1Nc1ccccc1[CH2][Cu]. The molecule has 0 saturated carbocycles. The van der Waals surface area contributed by atoms with E-state index in [0.29, 0.717) is 11.2 Å². The number of para-hydroxylation sites is 2. The van der Waals surface area contributed by atoms with Gasteiger partial charge in [-0.05, 0) is 0 Å². The summed E-state index contributed by atoms with van der Waals surface area (Å²) in [5, 5.41) is 5.36. The van der Waals surface area contributed by atoms with Crippen LogP contribution in [0.1, 0.15) is 19.4 Å². The Labute approximate surface area is 145 Å². The van der Waals surface area contributed by atoms with Crippen molar-refractivity contribution in [3.8, 4) is 0 Å². The van der Waals surface area contributed by atoms with E-state index < -0.39 is 6.61 Å². The Morgan fingerprint density at radius 3 is 2.29 bits per heavy atom. The van der Waals surface area contributed by atoms with Crippen molar-refractivity contribution in [3.05, 3.63) is 54.1 Å². The molecule has 2 aromatic carbocycles. The molecule has 0 bridgehead atoms. The average molecular weight is 396 g/mol. The van der Waals surface area contributed by atoms with E-state index in [4.69, 9.17) is 31.6 Å². The van der Waals surface area contributed by atoms with Crippen LogP contribution in [0, 0.1) is 5.92 Å². The second kappa shape index (κ2) is 8.37. The van der Waals surface area contributed by atoms with Gasteiger partial charge in [0.2, 0.25) is 0 Å². The van der Waals surface area contributed by atoms with E-state index in [9.17, 15) is 0 Å². The van der Waals surface area contributed by atoms with Crippen LogP contribution < -0.4 is 10.6 Å². The third-order valence-corrected chi connectivity index (χ3v) is 6.51. The molecule has 1 atom stereocenters. The van der Waals surface area contributed by atoms with Crippen LogP contribution in [0.15, 0.2) is 48.5 Å². The third-order valence-electron chi connectivity index (χ3n) is 3.06. The molecule has 0 radical (unpaired) electrons. The van der Waals surface area contributed by atoms with Crippen molar-refractivity contribution in [2.24, 2.45) is 5.92 Å². The number of hydrogen-bond acceptors (Lipinski definition) is 1. The fraction of sp³-hybridized carbons (Fsp3) is 0.294. The van der Waals surface area contributed by atoms with Crippen molar-refractivity contribution in [1.82, 2.24) is 0 Å². The van der Waals surface area contributed by atoms with E-state index >= 15 is 0 Å². The molecule has 0 heterocycles. The molecule has 4 heteroatoms. The van der Waals surface area contributed by atoms with Gasteiger partial charge in [-0.1, -0.05) is 0 Å². The summed E-state index contributed by atoms with van der Waals surface area (Å²) in [4.78, 5) is 0. The first kappa shape index (κ1) is 17.1. The second-order valence-electron chi connectivity index (χ2n) is 5.30. The van der Waals surface area contributed by atoms with Crippen molar-refractivity contribution >= 4 is 23.3 Å². The Balaban J connectivity index is 2.28. The van der Waals surface area contributed by atoms with Crippen LogP contribution in [0.5, 0.6) is 0 Å². The summed E-state index contributed by atoms with van der Waals surface area (Å²) in [6, 6.07) is 16.5. The summed E-state index contributed by atoms with van der Waals surface area (Å²) in [6.45, 7) is 3.87. The van der Waals surface area contributed by atoms with Gasteiger partial charge >= 0.3 is 146 Å². The zero-order chi connectivity index (χ0) is 15.2. The fourth-order valence-electron chi connectivity index (χ4n) is 2.05. The van der Waals surface area contributed by atoms with Crippen LogP contribution in [0.3, 0.4) is 0 Å². The molecule has 1 nitrogen and oxygen atoms in total. The van der Waals surface area contributed by atoms with Crippen LogP contribution in [-0.2, 0) is 36.9 Å². The molecule has 0 aliphatic rings. The van der Waals surface area contributed by atoms with Gasteiger partial charge in [0.25, 0.3) is 0 Å². The zero-order valence-corrected chi connectivity index (χ0v) is 14.9. The van der Waals surface area contributed by atoms with Crippen LogP contribution in [0.2, 0.25) is 0 Å². The molecular formula is C17H20Cu2NP. The molecule has 0 aliphatic heterocycles. The first-order valence-electron chi connectivity index (χ1n) is 6.96. The van der Waals surface area contributed by atoms with Gasteiger partial charge < -0.3 is 0 Å². The van der Waals surface area contributed by atoms with E-state index in [0.717, 1.165) is 23.1 Å². The molecule has 0 aromatic heterocycles. The molecule has 2 aromatic rings. The first-order chi connectivity index (χ1) is 10.1. The van der Waals surface area contributed by atoms with E-state index in [1.165, 1.54) is 5.30 Å². The predicted molar refractivity (Wildman–Crippen MR) is 86.1 cm³/mol. The van der Waals surface area contributed by atoms with Crippen molar-refractivity contribution in [3.63, 3.8) is 0 Å². The topological polar surface area (TPSA) is 12.0 Å². The molecule has 21 heavy (non-hydrogen) atoms. The minimum absolute atomic E-state index is 0.573. The van der Waals surface area contributed by atoms with E-state index in [1.807, 2.05) is 18.2 Å². The monoisotopic (exact) mass is 395 g/mol. The number of rotatable bonds is 6. The number of anilines is 2. The van der Waals surface area contributed by atoms with Crippen LogP contribution in [-0.4, -0.2) is 6.16 Å². The predicted octanol–water partition coefficient (Wildman–Crippen LogP) is 4.70. The molecule has 0 amide bonds. The zero-order valence-electron chi connectivity index (χ0n) is 12.2. The minimum atomic E-state index is -0.573. The number of benzene rings is 2. The molecule has 0 saturated heterocycles. The summed E-state index contributed by atoms with van der Waals surface area (Å²) in [6.07, 6.45) is 1.07. The Bertz CT molecular complexity index is 587. The Morgan fingerprint density at radius 2 is 1.62 bits per heavy atom. The number of nitrogens with one attached hydrogen (secondary N) is 1. The van der Waals surface area contributed by atoms with Gasteiger partial charge in [0.05, 0.1) is 0 Å². The van der Waals surface area contributed by atoms with Gasteiger partial charge in [-0.15, -0.1) is 0 Å². The second-order valence-corrected chi connectivity index (χ2v) is 8.65. The summed E-state index contributed by atoms with van der Waals surface area (Å²) < 4.78 is 0. The Hall–Kier alpha value is -0.291. The van der Waals surface area contributed by atoms with Gasteiger partial charge in [-0.2, -0.15) is 0 Å². The van der Waals surface area contributed by atoms with Gasteiger partial charge in [0.15, 0.2) is 0 Å². The summed E-state index contributed by atoms with van der Waals surface area (Å²) in [5.41, 5.74) is 3.33. The van der Waals surface area contributed by atoms with E-state index in [-0.39, 0.29) is 0 Å². The molecule has 0 fully saturated rings. The molecule has 0 spiro atoms. The van der Waals surface area contributed by atoms with Gasteiger partial charge in [-0.25, -0.2) is 0 Å². The summed E-state index contributed by atoms with van der Waals surface area (Å²) in [5.74, 6) is 0.620. The standard InChI is InChI=1S/C17H20NP.2Cu/c1-13(2)12-19-17-11-7-6-10-16(17)18-15-9-5-4-8-14(15)3;;/h4-11,13,18H,3,12H2,1-2H3;;/q-1;;+1. The van der Waals surface area contributed by atoms with Crippen LogP contribution in [0.25, 0.3) is 0 Å². The van der Waals surface area contributed by atoms with Gasteiger partial charge in [0, 0.05) is 0 Å². The van der Waals surface area contributed by atoms with Crippen LogP contribution >= 0.6 is 6.61 Å². The van der Waals surface area contributed by atoms with Crippen molar-refractivity contribution in [2.75, 3.05) is 11.5 Å². The molecule has 0 aliphatic carbocycles. The Morgan fingerprint density at radius 1 is 1.00 bits per heavy atom. The maximum atomic E-state index is 5.92. The molecule has 120 valence electrons. The van der Waals surface area contributed by atoms with Crippen molar-refractivity contribution in [1.29, 1.82) is 0 Å². The molecule has 2 rings (SSSR count). The van der Waals surface area contributed by atoms with Gasteiger partial charge in [-0.3, -0.25) is 0 Å². The first-order valence-corrected chi connectivity index (χ1v) is 10.2. The van der Waals surface area contributed by atoms with E-state index in [1.54, 1.807) is 0 Å². The third kappa shape index (κ3) is 4.85. The normalized spacial score (nSPS) is 12.5. The van der Waals surface area contributed by atoms with Crippen molar-refractivity contribution in [2.45, 2.75) is 19.2 Å². The van der Waals surface area contributed by atoms with Gasteiger partial charge in [0.1, 0.15) is 0 Å². The van der Waals surface area contributed by atoms with E-state index in [2.05, 4.69) is 49.5 Å². The van der Waals surface area contributed by atoms with Crippen LogP contribution in [0.4, 0.5) is 11.4 Å². The summed E-state index contributed by atoms with van der Waals surface area (Å²) in [7, 11) is 0. The number of hydrogen-bond donors (Lipinski definition) is 1. The molecule has 1 unspecified atom stereocenters. The fourth-order valence-corrected chi connectivity index (χ4v) is 5.31. The quantitative estimate of drug-likeness (QED) is 0.551. The average Bonchev–Trinajstić information content (AvgIpc) is 2.47.